The van der Waals surface area contributed by atoms with Gasteiger partial charge in [-0.2, -0.15) is 8.61 Å². The van der Waals surface area contributed by atoms with Crippen LogP contribution >= 0.6 is 0 Å². The SMILES string of the molecule is COc1ccc(S(=O)(=O)N2[C@H](c3cc(C(C)(C)C)cc(-c4cc(C(C)(C)C)cc([C@@H]5O[C@@H](c6ccccc6)[C@H](C)N5S(=O)(=O)c5ccc(OC)cc5)c4OC(C)=O)c3OC(C)=O)O[C@@H](c3ccccc3)[C@@H]2C)cc1. The zero-order valence-corrected chi connectivity index (χ0v) is 45.4. The summed E-state index contributed by atoms with van der Waals surface area (Å²) in [5, 5.41) is 0. The molecule has 0 radical (unpaired) electrons. The van der Waals surface area contributed by atoms with Crippen molar-refractivity contribution in [1.29, 1.82) is 0 Å². The number of esters is 2. The Labute approximate surface area is 435 Å². The Hall–Kier alpha value is -6.40. The van der Waals surface area contributed by atoms with Gasteiger partial charge in [-0.05, 0) is 120 Å². The van der Waals surface area contributed by atoms with Crippen LogP contribution in [0.15, 0.2) is 143 Å². The zero-order chi connectivity index (χ0) is 53.7. The molecule has 0 N–H and O–H groups in total. The Morgan fingerprint density at radius 3 is 1.11 bits per heavy atom. The van der Waals surface area contributed by atoms with Crippen LogP contribution in [0.2, 0.25) is 0 Å². The van der Waals surface area contributed by atoms with E-state index < -0.39 is 79.6 Å². The van der Waals surface area contributed by atoms with Crippen molar-refractivity contribution < 1.29 is 54.8 Å². The highest BCUT2D eigenvalue weighted by Gasteiger charge is 2.52. The Bertz CT molecular complexity index is 3040. The van der Waals surface area contributed by atoms with Gasteiger partial charge in [-0.3, -0.25) is 9.59 Å². The standard InChI is InChI=1S/C58H64N2O12S2/c1-35-51(39-19-15-13-16-20-39)71-55(59(35)73(63,64)45-27-23-43(67-11)24-28-45)49-33-41(57(5,6)7)31-47(53(49)69-37(3)61)48-32-42(58(8,9)10)34-50(54(48)70-38(4)62)56-60(36(2)52(72-56)40-21-17-14-18-22-40)74(65,66)46-29-25-44(68-12)26-30-46/h13-36,51-52,55-56H,1-12H3/t35-,36-,51+,52+,55-,56-/m0/s1. The highest BCUT2D eigenvalue weighted by atomic mass is 32.2. The van der Waals surface area contributed by atoms with E-state index in [9.17, 15) is 9.59 Å². The maximum absolute atomic E-state index is 15.3. The molecule has 0 spiro atoms. The minimum absolute atomic E-state index is 0.0258. The second kappa shape index (κ2) is 20.7. The van der Waals surface area contributed by atoms with Crippen molar-refractivity contribution in [2.24, 2.45) is 0 Å². The second-order valence-corrected chi connectivity index (χ2v) is 24.4. The summed E-state index contributed by atoms with van der Waals surface area (Å²) in [7, 11) is -5.84. The minimum atomic E-state index is -4.41. The van der Waals surface area contributed by atoms with Crippen LogP contribution in [-0.2, 0) is 49.9 Å². The lowest BCUT2D eigenvalue weighted by molar-refractivity contribution is -0.133. The topological polar surface area (TPSA) is 164 Å². The van der Waals surface area contributed by atoms with Crippen LogP contribution in [0.3, 0.4) is 0 Å². The van der Waals surface area contributed by atoms with E-state index in [2.05, 4.69) is 0 Å². The van der Waals surface area contributed by atoms with Crippen molar-refractivity contribution in [3.63, 3.8) is 0 Å². The van der Waals surface area contributed by atoms with Crippen LogP contribution in [0.5, 0.6) is 23.0 Å². The smallest absolute Gasteiger partial charge is 0.308 e. The summed E-state index contributed by atoms with van der Waals surface area (Å²) in [6, 6.07) is 36.3. The number of methoxy groups -OCH3 is 2. The van der Waals surface area contributed by atoms with Crippen LogP contribution in [0.4, 0.5) is 0 Å². The van der Waals surface area contributed by atoms with Crippen molar-refractivity contribution in [2.75, 3.05) is 14.2 Å². The minimum Gasteiger partial charge on any atom is -0.497 e. The number of sulfonamides is 2. The van der Waals surface area contributed by atoms with Crippen LogP contribution < -0.4 is 18.9 Å². The maximum Gasteiger partial charge on any atom is 0.308 e. The first kappa shape index (κ1) is 53.9. The highest BCUT2D eigenvalue weighted by Crippen LogP contribution is 2.55. The van der Waals surface area contributed by atoms with E-state index in [1.54, 1.807) is 50.2 Å². The molecule has 0 bridgehead atoms. The number of nitrogens with zero attached hydrogens (tertiary/aromatic N) is 2. The molecule has 2 aliphatic heterocycles. The Morgan fingerprint density at radius 1 is 0.500 bits per heavy atom. The zero-order valence-electron chi connectivity index (χ0n) is 43.8. The molecule has 6 aromatic rings. The molecule has 0 amide bonds. The van der Waals surface area contributed by atoms with E-state index in [0.29, 0.717) is 33.8 Å². The molecule has 6 aromatic carbocycles. The fraction of sp³-hybridized carbons (Fsp3) is 0.345. The number of ether oxygens (including phenoxy) is 6. The monoisotopic (exact) mass is 1040 g/mol. The lowest BCUT2D eigenvalue weighted by atomic mass is 9.80. The first-order valence-corrected chi connectivity index (χ1v) is 27.2. The van der Waals surface area contributed by atoms with Gasteiger partial charge in [0.2, 0.25) is 20.0 Å². The van der Waals surface area contributed by atoms with Gasteiger partial charge in [-0.15, -0.1) is 0 Å². The Morgan fingerprint density at radius 2 is 0.824 bits per heavy atom. The average Bonchev–Trinajstić information content (AvgIpc) is 3.90. The normalized spacial score (nSPS) is 20.8. The van der Waals surface area contributed by atoms with Crippen LogP contribution in [0, 0.1) is 0 Å². The van der Waals surface area contributed by atoms with E-state index >= 15 is 16.8 Å². The molecule has 390 valence electrons. The van der Waals surface area contributed by atoms with Gasteiger partial charge >= 0.3 is 11.9 Å². The van der Waals surface area contributed by atoms with Gasteiger partial charge in [-0.25, -0.2) is 16.8 Å². The van der Waals surface area contributed by atoms with E-state index in [1.807, 2.05) is 114 Å². The largest absolute Gasteiger partial charge is 0.497 e. The predicted molar refractivity (Wildman–Crippen MR) is 281 cm³/mol. The van der Waals surface area contributed by atoms with Gasteiger partial charge < -0.3 is 28.4 Å². The van der Waals surface area contributed by atoms with Crippen molar-refractivity contribution in [2.45, 2.75) is 127 Å². The molecule has 2 heterocycles. The fourth-order valence-corrected chi connectivity index (χ4v) is 13.0. The first-order valence-electron chi connectivity index (χ1n) is 24.4. The number of carbonyl (C=O) groups is 2. The number of carbonyl (C=O) groups excluding carboxylic acids is 2. The number of rotatable bonds is 13. The summed E-state index contributed by atoms with van der Waals surface area (Å²) in [5.74, 6) is -0.679. The molecule has 14 nitrogen and oxygen atoms in total. The molecule has 0 aromatic heterocycles. The van der Waals surface area contributed by atoms with E-state index in [4.69, 9.17) is 28.4 Å². The van der Waals surface area contributed by atoms with Crippen molar-refractivity contribution in [1.82, 2.24) is 8.61 Å². The van der Waals surface area contributed by atoms with E-state index in [-0.39, 0.29) is 43.5 Å². The molecule has 2 saturated heterocycles. The van der Waals surface area contributed by atoms with Crippen LogP contribution in [-0.4, -0.2) is 63.7 Å². The lowest BCUT2D eigenvalue weighted by Crippen LogP contribution is -2.37. The molecule has 16 heteroatoms. The van der Waals surface area contributed by atoms with Gasteiger partial charge in [0.25, 0.3) is 0 Å². The third-order valence-electron chi connectivity index (χ3n) is 13.5. The molecule has 0 aliphatic carbocycles. The Balaban J connectivity index is 1.45. The third-order valence-corrected chi connectivity index (χ3v) is 17.4. The lowest BCUT2D eigenvalue weighted by Gasteiger charge is -2.32. The number of benzene rings is 6. The van der Waals surface area contributed by atoms with Crippen molar-refractivity contribution in [3.05, 3.63) is 167 Å². The van der Waals surface area contributed by atoms with E-state index in [0.717, 1.165) is 0 Å². The number of hydrogen-bond donors (Lipinski definition) is 0. The van der Waals surface area contributed by atoms with Gasteiger partial charge in [0.1, 0.15) is 35.2 Å². The summed E-state index contributed by atoms with van der Waals surface area (Å²) in [4.78, 5) is 27.3. The van der Waals surface area contributed by atoms with Crippen LogP contribution in [0.25, 0.3) is 11.1 Å². The summed E-state index contributed by atoms with van der Waals surface area (Å²) in [5.41, 5.74) is 2.35. The molecule has 6 atom stereocenters. The summed E-state index contributed by atoms with van der Waals surface area (Å²) >= 11 is 0. The van der Waals surface area contributed by atoms with Gasteiger partial charge in [0, 0.05) is 36.1 Å². The van der Waals surface area contributed by atoms with Crippen molar-refractivity contribution >= 4 is 32.0 Å². The molecule has 0 saturated carbocycles. The average molecular weight is 1050 g/mol. The molecular formula is C58H64N2O12S2. The first-order chi connectivity index (χ1) is 34.9. The second-order valence-electron chi connectivity index (χ2n) is 20.7. The molecular weight excluding hydrogens is 981 g/mol. The molecule has 8 rings (SSSR count). The Kier molecular flexibility index (Phi) is 15.1. The molecule has 74 heavy (non-hydrogen) atoms. The quantitative estimate of drug-likeness (QED) is 0.0795. The summed E-state index contributed by atoms with van der Waals surface area (Å²) in [6.45, 7) is 18.0. The van der Waals surface area contributed by atoms with Gasteiger partial charge in [-0.1, -0.05) is 102 Å². The molecule has 0 unspecified atom stereocenters. The molecule has 2 fully saturated rings. The highest BCUT2D eigenvalue weighted by molar-refractivity contribution is 7.89. The third kappa shape index (κ3) is 10.5. The van der Waals surface area contributed by atoms with E-state index in [1.165, 1.54) is 60.9 Å². The maximum atomic E-state index is 15.3. The number of hydrogen-bond acceptors (Lipinski definition) is 12. The van der Waals surface area contributed by atoms with Gasteiger partial charge in [0.15, 0.2) is 12.5 Å². The van der Waals surface area contributed by atoms with Gasteiger partial charge in [0.05, 0.1) is 36.1 Å². The summed E-state index contributed by atoms with van der Waals surface area (Å²) < 4.78 is 101. The predicted octanol–water partition coefficient (Wildman–Crippen LogP) is 11.5. The van der Waals surface area contributed by atoms with Crippen LogP contribution in [0.1, 0.15) is 127 Å². The molecule has 2 aliphatic rings. The summed E-state index contributed by atoms with van der Waals surface area (Å²) in [6.07, 6.45) is -4.41. The fourth-order valence-electron chi connectivity index (χ4n) is 9.62. The van der Waals surface area contributed by atoms with Crippen molar-refractivity contribution in [3.8, 4) is 34.1 Å².